The molecular weight excluding hydrogens is 231 g/mol. The van der Waals surface area contributed by atoms with Gasteiger partial charge >= 0.3 is 0 Å². The first-order valence-electron chi connectivity index (χ1n) is 5.38. The van der Waals surface area contributed by atoms with Gasteiger partial charge in [-0.05, 0) is 32.6 Å². The number of aryl methyl sites for hydroxylation is 2. The lowest BCUT2D eigenvalue weighted by Gasteiger charge is -2.05. The van der Waals surface area contributed by atoms with Crippen LogP contribution in [0.4, 0.5) is 0 Å². The van der Waals surface area contributed by atoms with Crippen LogP contribution in [0.2, 0.25) is 5.15 Å². The van der Waals surface area contributed by atoms with Crippen LogP contribution in [0, 0.1) is 6.92 Å². The molecule has 1 aromatic rings. The number of hydrogen-bond donors (Lipinski definition) is 0. The molecule has 0 amide bonds. The fraction of sp³-hybridized carbons (Fsp3) is 0.727. The van der Waals surface area contributed by atoms with Gasteiger partial charge in [0.2, 0.25) is 0 Å². The van der Waals surface area contributed by atoms with Crippen molar-refractivity contribution in [1.82, 2.24) is 9.78 Å². The second-order valence-corrected chi connectivity index (χ2v) is 4.85. The summed E-state index contributed by atoms with van der Waals surface area (Å²) in [4.78, 5) is 0. The van der Waals surface area contributed by atoms with Crippen LogP contribution in [-0.4, -0.2) is 15.2 Å². The second kappa shape index (κ2) is 5.76. The van der Waals surface area contributed by atoms with E-state index >= 15 is 0 Å². The van der Waals surface area contributed by atoms with Gasteiger partial charge in [0, 0.05) is 18.0 Å². The topological polar surface area (TPSA) is 17.8 Å². The molecule has 4 heteroatoms. The number of rotatable bonds is 5. The molecule has 1 aromatic heterocycles. The lowest BCUT2D eigenvalue weighted by molar-refractivity contribution is 0.673. The molecule has 0 radical (unpaired) electrons. The number of aromatic nitrogens is 2. The van der Waals surface area contributed by atoms with Crippen LogP contribution in [0.1, 0.15) is 37.4 Å². The molecule has 1 unspecified atom stereocenters. The molecule has 1 heterocycles. The van der Waals surface area contributed by atoms with Crippen molar-refractivity contribution in [1.29, 1.82) is 0 Å². The first-order chi connectivity index (χ1) is 7.06. The summed E-state index contributed by atoms with van der Waals surface area (Å²) in [6.45, 7) is 4.11. The molecule has 86 valence electrons. The quantitative estimate of drug-likeness (QED) is 0.727. The monoisotopic (exact) mass is 248 g/mol. The Hall–Kier alpha value is -0.210. The molecule has 2 nitrogen and oxygen atoms in total. The van der Waals surface area contributed by atoms with Gasteiger partial charge < -0.3 is 0 Å². The lowest BCUT2D eigenvalue weighted by atomic mass is 10.1. The van der Waals surface area contributed by atoms with Crippen LogP contribution in [0.3, 0.4) is 0 Å². The largest absolute Gasteiger partial charge is 0.257 e. The molecule has 0 spiro atoms. The minimum absolute atomic E-state index is 0.292. The van der Waals surface area contributed by atoms with E-state index in [1.807, 2.05) is 14.0 Å². The molecule has 0 fully saturated rings. The Morgan fingerprint density at radius 2 is 2.13 bits per heavy atom. The molecule has 1 rings (SSSR count). The SMILES string of the molecule is CCC(Cl)CCCc1c(C)nn(C)c1Cl. The van der Waals surface area contributed by atoms with Gasteiger partial charge in [-0.1, -0.05) is 18.5 Å². The molecule has 0 N–H and O–H groups in total. The fourth-order valence-electron chi connectivity index (χ4n) is 1.66. The average molecular weight is 249 g/mol. The molecule has 0 aliphatic heterocycles. The van der Waals surface area contributed by atoms with Gasteiger partial charge in [0.1, 0.15) is 5.15 Å². The molecule has 15 heavy (non-hydrogen) atoms. The Morgan fingerprint density at radius 1 is 1.47 bits per heavy atom. The maximum absolute atomic E-state index is 6.13. The fourth-order valence-corrected chi connectivity index (χ4v) is 2.09. The van der Waals surface area contributed by atoms with E-state index in [4.69, 9.17) is 23.2 Å². The van der Waals surface area contributed by atoms with Gasteiger partial charge in [0.25, 0.3) is 0 Å². The number of nitrogens with zero attached hydrogens (tertiary/aromatic N) is 2. The van der Waals surface area contributed by atoms with Crippen LogP contribution >= 0.6 is 23.2 Å². The minimum atomic E-state index is 0.292. The van der Waals surface area contributed by atoms with E-state index < -0.39 is 0 Å². The van der Waals surface area contributed by atoms with Gasteiger partial charge in [-0.3, -0.25) is 4.68 Å². The maximum Gasteiger partial charge on any atom is 0.130 e. The smallest absolute Gasteiger partial charge is 0.130 e. The number of halogens is 2. The molecule has 1 atom stereocenters. The number of alkyl halides is 1. The summed E-state index contributed by atoms with van der Waals surface area (Å²) >= 11 is 12.2. The lowest BCUT2D eigenvalue weighted by Crippen LogP contribution is -1.97. The molecule has 0 saturated heterocycles. The molecule has 0 aliphatic carbocycles. The van der Waals surface area contributed by atoms with E-state index in [1.54, 1.807) is 4.68 Å². The van der Waals surface area contributed by atoms with E-state index in [0.717, 1.165) is 36.5 Å². The first kappa shape index (κ1) is 12.9. The van der Waals surface area contributed by atoms with Gasteiger partial charge in [-0.25, -0.2) is 0 Å². The highest BCUT2D eigenvalue weighted by Gasteiger charge is 2.11. The van der Waals surface area contributed by atoms with Crippen molar-refractivity contribution >= 4 is 23.2 Å². The van der Waals surface area contributed by atoms with Crippen molar-refractivity contribution in [2.24, 2.45) is 7.05 Å². The normalized spacial score (nSPS) is 13.1. The van der Waals surface area contributed by atoms with Crippen molar-refractivity contribution in [3.63, 3.8) is 0 Å². The summed E-state index contributed by atoms with van der Waals surface area (Å²) in [5, 5.41) is 5.33. The molecule has 0 bridgehead atoms. The van der Waals surface area contributed by atoms with Crippen LogP contribution in [-0.2, 0) is 13.5 Å². The Labute approximate surface area is 102 Å². The average Bonchev–Trinajstić information content (AvgIpc) is 2.44. The molecule has 0 aromatic carbocycles. The second-order valence-electron chi connectivity index (χ2n) is 3.88. The summed E-state index contributed by atoms with van der Waals surface area (Å²) < 4.78 is 1.73. The zero-order valence-corrected chi connectivity index (χ0v) is 11.1. The summed E-state index contributed by atoms with van der Waals surface area (Å²) in [6.07, 6.45) is 4.13. The predicted molar refractivity (Wildman–Crippen MR) is 65.8 cm³/mol. The van der Waals surface area contributed by atoms with Crippen LogP contribution in [0.5, 0.6) is 0 Å². The van der Waals surface area contributed by atoms with Crippen molar-refractivity contribution in [3.8, 4) is 0 Å². The summed E-state index contributed by atoms with van der Waals surface area (Å²) in [7, 11) is 1.87. The van der Waals surface area contributed by atoms with Gasteiger partial charge in [-0.2, -0.15) is 5.10 Å². The van der Waals surface area contributed by atoms with E-state index in [-0.39, 0.29) is 0 Å². The highest BCUT2D eigenvalue weighted by atomic mass is 35.5. The Balaban J connectivity index is 2.50. The summed E-state index contributed by atoms with van der Waals surface area (Å²) in [5.41, 5.74) is 2.20. The van der Waals surface area contributed by atoms with Crippen LogP contribution < -0.4 is 0 Å². The zero-order valence-electron chi connectivity index (χ0n) is 9.56. The van der Waals surface area contributed by atoms with Gasteiger partial charge in [0.05, 0.1) is 5.69 Å². The summed E-state index contributed by atoms with van der Waals surface area (Å²) in [5.74, 6) is 0. The van der Waals surface area contributed by atoms with Crippen LogP contribution in [0.25, 0.3) is 0 Å². The Morgan fingerprint density at radius 3 is 2.60 bits per heavy atom. The first-order valence-corrected chi connectivity index (χ1v) is 6.19. The van der Waals surface area contributed by atoms with Gasteiger partial charge in [0.15, 0.2) is 0 Å². The van der Waals surface area contributed by atoms with E-state index in [0.29, 0.717) is 5.38 Å². The minimum Gasteiger partial charge on any atom is -0.257 e. The van der Waals surface area contributed by atoms with E-state index in [2.05, 4.69) is 12.0 Å². The molecular formula is C11H18Cl2N2. The highest BCUT2D eigenvalue weighted by molar-refractivity contribution is 6.30. The summed E-state index contributed by atoms with van der Waals surface area (Å²) in [6, 6.07) is 0. The van der Waals surface area contributed by atoms with E-state index in [1.165, 1.54) is 5.56 Å². The van der Waals surface area contributed by atoms with Crippen molar-refractivity contribution < 1.29 is 0 Å². The van der Waals surface area contributed by atoms with Crippen molar-refractivity contribution in [3.05, 3.63) is 16.4 Å². The van der Waals surface area contributed by atoms with Gasteiger partial charge in [-0.15, -0.1) is 11.6 Å². The van der Waals surface area contributed by atoms with Crippen molar-refractivity contribution in [2.75, 3.05) is 0 Å². The van der Waals surface area contributed by atoms with Crippen molar-refractivity contribution in [2.45, 2.75) is 44.9 Å². The third-order valence-electron chi connectivity index (χ3n) is 2.66. The predicted octanol–water partition coefficient (Wildman–Crippen LogP) is 3.72. The molecule has 0 saturated carbocycles. The third kappa shape index (κ3) is 3.39. The number of hydrogen-bond acceptors (Lipinski definition) is 1. The van der Waals surface area contributed by atoms with Crippen LogP contribution in [0.15, 0.2) is 0 Å². The highest BCUT2D eigenvalue weighted by Crippen LogP contribution is 2.21. The maximum atomic E-state index is 6.13. The Kier molecular flexibility index (Phi) is 4.94. The van der Waals surface area contributed by atoms with E-state index in [9.17, 15) is 0 Å². The molecule has 0 aliphatic rings. The Bertz CT molecular complexity index is 321. The zero-order chi connectivity index (χ0) is 11.4. The standard InChI is InChI=1S/C11H18Cl2N2/c1-4-9(12)6-5-7-10-8(2)14-15(3)11(10)13/h9H,4-7H2,1-3H3. The third-order valence-corrected chi connectivity index (χ3v) is 3.66.